The highest BCUT2D eigenvalue weighted by Crippen LogP contribution is 2.34. The van der Waals surface area contributed by atoms with Crippen molar-refractivity contribution in [3.63, 3.8) is 0 Å². The summed E-state index contributed by atoms with van der Waals surface area (Å²) >= 11 is 0. The summed E-state index contributed by atoms with van der Waals surface area (Å²) in [7, 11) is -3.45. The lowest BCUT2D eigenvalue weighted by atomic mass is 10.1. The van der Waals surface area contributed by atoms with E-state index in [0.717, 1.165) is 20.8 Å². The minimum atomic E-state index is -3.45. The van der Waals surface area contributed by atoms with E-state index in [4.69, 9.17) is 9.84 Å². The number of hydrogen-bond donors (Lipinski definition) is 1. The number of aromatic nitrogens is 7. The van der Waals surface area contributed by atoms with E-state index in [9.17, 15) is 8.42 Å². The van der Waals surface area contributed by atoms with Crippen LogP contribution in [0.15, 0.2) is 36.9 Å². The summed E-state index contributed by atoms with van der Waals surface area (Å²) in [6.45, 7) is 9.84. The van der Waals surface area contributed by atoms with Crippen LogP contribution in [0.25, 0.3) is 22.3 Å². The van der Waals surface area contributed by atoms with E-state index in [0.29, 0.717) is 49.1 Å². The van der Waals surface area contributed by atoms with Gasteiger partial charge in [0.2, 0.25) is 0 Å². The fraction of sp³-hybridized carbons (Fsp3) is 0.480. The molecule has 2 atom stereocenters. The molecule has 4 aromatic heterocycles. The van der Waals surface area contributed by atoms with Gasteiger partial charge in [-0.25, -0.2) is 23.4 Å². The number of nitrogens with zero attached hydrogens (tertiary/aromatic N) is 8. The number of nitrogens with one attached hydrogen (secondary N) is 1. The lowest BCUT2D eigenvalue weighted by Gasteiger charge is -2.39. The molecule has 6 rings (SSSR count). The van der Waals surface area contributed by atoms with E-state index in [2.05, 4.69) is 58.0 Å². The zero-order chi connectivity index (χ0) is 26.6. The molecule has 1 N–H and O–H groups in total. The number of morpholine rings is 1. The molecule has 12 nitrogen and oxygen atoms in total. The van der Waals surface area contributed by atoms with Crippen LogP contribution in [0.1, 0.15) is 46.6 Å². The van der Waals surface area contributed by atoms with Crippen LogP contribution >= 0.6 is 0 Å². The number of ether oxygens (including phenoxy) is 1. The Balaban J connectivity index is 1.30. The summed E-state index contributed by atoms with van der Waals surface area (Å²) in [5.74, 6) is 2.44. The molecule has 4 aromatic rings. The molecule has 0 spiro atoms. The summed E-state index contributed by atoms with van der Waals surface area (Å²) < 4.78 is 33.8. The van der Waals surface area contributed by atoms with Crippen molar-refractivity contribution < 1.29 is 13.2 Å². The zero-order valence-corrected chi connectivity index (χ0v) is 22.6. The average Bonchev–Trinajstić information content (AvgIpc) is 3.51. The van der Waals surface area contributed by atoms with Crippen molar-refractivity contribution in [3.8, 4) is 11.4 Å². The van der Waals surface area contributed by atoms with Gasteiger partial charge in [-0.1, -0.05) is 0 Å². The topological polar surface area (TPSA) is 133 Å². The highest BCUT2D eigenvalue weighted by molar-refractivity contribution is 7.90. The van der Waals surface area contributed by atoms with Crippen LogP contribution in [0.2, 0.25) is 0 Å². The van der Waals surface area contributed by atoms with Gasteiger partial charge in [-0.3, -0.25) is 4.68 Å². The lowest BCUT2D eigenvalue weighted by Crippen LogP contribution is -2.50. The molecule has 200 valence electrons. The van der Waals surface area contributed by atoms with Crippen LogP contribution in [0.4, 0.5) is 17.5 Å². The first-order chi connectivity index (χ1) is 18.2. The SMILES string of the molecule is CC1COCC(C)N1c1nn(C(C)C)c2cc(Nc3ccnc(-c4cnn(S(=O)(=O)C5CC5)c4)n3)ncc12. The van der Waals surface area contributed by atoms with Crippen molar-refractivity contribution in [3.05, 3.63) is 36.9 Å². The van der Waals surface area contributed by atoms with E-state index >= 15 is 0 Å². The Morgan fingerprint density at radius 1 is 1.08 bits per heavy atom. The van der Waals surface area contributed by atoms with Crippen molar-refractivity contribution in [2.45, 2.75) is 63.9 Å². The first-order valence-electron chi connectivity index (χ1n) is 12.9. The van der Waals surface area contributed by atoms with E-state index in [-0.39, 0.29) is 23.4 Å². The molecule has 0 bridgehead atoms. The third-order valence-corrected chi connectivity index (χ3v) is 8.95. The molecule has 2 aliphatic rings. The van der Waals surface area contributed by atoms with Crippen LogP contribution in [-0.4, -0.2) is 72.9 Å². The molecule has 1 saturated carbocycles. The summed E-state index contributed by atoms with van der Waals surface area (Å²) in [6, 6.07) is 4.28. The van der Waals surface area contributed by atoms with Gasteiger partial charge in [0.1, 0.15) is 11.6 Å². The maximum atomic E-state index is 12.5. The van der Waals surface area contributed by atoms with Gasteiger partial charge in [0.25, 0.3) is 10.0 Å². The third-order valence-electron chi connectivity index (χ3n) is 6.91. The molecule has 1 saturated heterocycles. The summed E-state index contributed by atoms with van der Waals surface area (Å²) in [4.78, 5) is 15.9. The Kier molecular flexibility index (Phi) is 6.06. The van der Waals surface area contributed by atoms with Gasteiger partial charge >= 0.3 is 0 Å². The van der Waals surface area contributed by atoms with Gasteiger partial charge < -0.3 is 15.0 Å². The first kappa shape index (κ1) is 24.7. The average molecular weight is 538 g/mol. The Morgan fingerprint density at radius 2 is 1.84 bits per heavy atom. The molecule has 1 aliphatic carbocycles. The van der Waals surface area contributed by atoms with Crippen molar-refractivity contribution in [2.24, 2.45) is 0 Å². The van der Waals surface area contributed by atoms with Crippen LogP contribution in [0, 0.1) is 0 Å². The van der Waals surface area contributed by atoms with Crippen LogP contribution in [0.5, 0.6) is 0 Å². The van der Waals surface area contributed by atoms with Gasteiger partial charge in [0.05, 0.1) is 59.4 Å². The molecule has 38 heavy (non-hydrogen) atoms. The molecule has 2 fully saturated rings. The third kappa shape index (κ3) is 4.39. The van der Waals surface area contributed by atoms with E-state index < -0.39 is 10.0 Å². The quantitative estimate of drug-likeness (QED) is 0.374. The Labute approximate surface area is 221 Å². The molecule has 2 unspecified atom stereocenters. The van der Waals surface area contributed by atoms with Crippen molar-refractivity contribution in [1.82, 2.24) is 33.9 Å². The Bertz CT molecular complexity index is 1580. The maximum Gasteiger partial charge on any atom is 0.256 e. The van der Waals surface area contributed by atoms with Gasteiger partial charge in [0.15, 0.2) is 11.6 Å². The molecule has 1 aliphatic heterocycles. The number of pyridine rings is 1. The lowest BCUT2D eigenvalue weighted by molar-refractivity contribution is 0.0752. The summed E-state index contributed by atoms with van der Waals surface area (Å²) in [5, 5.41) is 12.9. The summed E-state index contributed by atoms with van der Waals surface area (Å²) in [5.41, 5.74) is 1.50. The van der Waals surface area contributed by atoms with Crippen molar-refractivity contribution >= 4 is 38.4 Å². The zero-order valence-electron chi connectivity index (χ0n) is 21.8. The van der Waals surface area contributed by atoms with E-state index in [1.54, 1.807) is 12.3 Å². The highest BCUT2D eigenvalue weighted by Gasteiger charge is 2.37. The van der Waals surface area contributed by atoms with Crippen molar-refractivity contribution in [2.75, 3.05) is 23.4 Å². The second-order valence-electron chi connectivity index (χ2n) is 10.3. The Morgan fingerprint density at radius 3 is 2.55 bits per heavy atom. The van der Waals surface area contributed by atoms with Gasteiger partial charge in [-0.15, -0.1) is 0 Å². The van der Waals surface area contributed by atoms with Gasteiger partial charge in [-0.2, -0.15) is 14.3 Å². The highest BCUT2D eigenvalue weighted by atomic mass is 32.2. The molecule has 0 amide bonds. The molecule has 13 heteroatoms. The minimum Gasteiger partial charge on any atom is -0.377 e. The standard InChI is InChI=1S/C25H31N9O3S/c1-15(2)34-21-9-23(27-11-20(21)25(31-34)33-16(3)13-37-14-17(33)4)29-22-7-8-26-24(30-22)18-10-28-32(12-18)38(35,36)19-5-6-19/h7-12,15-17,19H,5-6,13-14H2,1-4H3,(H,26,27,29,30). The minimum absolute atomic E-state index is 0.155. The molecular weight excluding hydrogens is 506 g/mol. The first-order valence-corrected chi connectivity index (χ1v) is 14.4. The second kappa shape index (κ2) is 9.31. The fourth-order valence-corrected chi connectivity index (χ4v) is 6.34. The monoisotopic (exact) mass is 537 g/mol. The molecule has 0 radical (unpaired) electrons. The molecular formula is C25H31N9O3S. The normalized spacial score (nSPS) is 20.4. The van der Waals surface area contributed by atoms with E-state index in [1.807, 2.05) is 16.9 Å². The largest absolute Gasteiger partial charge is 0.377 e. The number of anilines is 3. The van der Waals surface area contributed by atoms with Crippen LogP contribution < -0.4 is 10.2 Å². The van der Waals surface area contributed by atoms with Gasteiger partial charge in [-0.05, 0) is 46.6 Å². The second-order valence-corrected chi connectivity index (χ2v) is 12.4. The van der Waals surface area contributed by atoms with Crippen LogP contribution in [0.3, 0.4) is 0 Å². The van der Waals surface area contributed by atoms with Crippen LogP contribution in [-0.2, 0) is 14.8 Å². The molecule has 5 heterocycles. The Hall–Kier alpha value is -3.58. The number of hydrogen-bond acceptors (Lipinski definition) is 10. The smallest absolute Gasteiger partial charge is 0.256 e. The molecule has 0 aromatic carbocycles. The number of rotatable bonds is 7. The van der Waals surface area contributed by atoms with Crippen molar-refractivity contribution in [1.29, 1.82) is 0 Å². The fourth-order valence-electron chi connectivity index (χ4n) is 4.87. The van der Waals surface area contributed by atoms with E-state index in [1.165, 1.54) is 12.4 Å². The predicted octanol–water partition coefficient (Wildman–Crippen LogP) is 3.36. The number of fused-ring (bicyclic) bond motifs is 1. The maximum absolute atomic E-state index is 12.5. The summed E-state index contributed by atoms with van der Waals surface area (Å²) in [6.07, 6.45) is 7.75. The van der Waals surface area contributed by atoms with Gasteiger partial charge in [0, 0.05) is 24.5 Å². The predicted molar refractivity (Wildman–Crippen MR) is 144 cm³/mol.